The van der Waals surface area contributed by atoms with Gasteiger partial charge in [0.2, 0.25) is 0 Å². The third-order valence-electron chi connectivity index (χ3n) is 4.11. The van der Waals surface area contributed by atoms with Crippen molar-refractivity contribution in [3.63, 3.8) is 0 Å². The molecule has 1 heterocycles. The average Bonchev–Trinajstić information content (AvgIpc) is 3.02. The first-order valence-electron chi connectivity index (χ1n) is 6.93. The van der Waals surface area contributed by atoms with Gasteiger partial charge in [-0.05, 0) is 23.3 Å². The van der Waals surface area contributed by atoms with E-state index in [1.54, 1.807) is 24.3 Å². The van der Waals surface area contributed by atoms with E-state index < -0.39 is 6.09 Å². The van der Waals surface area contributed by atoms with Crippen molar-refractivity contribution in [2.45, 2.75) is 18.6 Å². The highest BCUT2D eigenvalue weighted by molar-refractivity contribution is 6.04. The molecule has 21 heavy (non-hydrogen) atoms. The lowest BCUT2D eigenvalue weighted by Gasteiger charge is -2.19. The SMILES string of the molecule is O=C1O[C@H]2Cc3ccccc3[C@H]2N1C(=O)c1ccccc1. The van der Waals surface area contributed by atoms with Gasteiger partial charge in [-0.1, -0.05) is 42.5 Å². The summed E-state index contributed by atoms with van der Waals surface area (Å²) in [5, 5.41) is 0. The summed E-state index contributed by atoms with van der Waals surface area (Å²) in [7, 11) is 0. The van der Waals surface area contributed by atoms with E-state index in [9.17, 15) is 9.59 Å². The Labute approximate surface area is 121 Å². The van der Waals surface area contributed by atoms with Gasteiger partial charge in [0, 0.05) is 12.0 Å². The third kappa shape index (κ3) is 1.76. The van der Waals surface area contributed by atoms with Crippen molar-refractivity contribution in [2.24, 2.45) is 0 Å². The molecule has 2 aliphatic rings. The fourth-order valence-corrected chi connectivity index (χ4v) is 3.18. The molecule has 0 saturated carbocycles. The first kappa shape index (κ1) is 12.1. The van der Waals surface area contributed by atoms with Crippen LogP contribution in [0.4, 0.5) is 4.79 Å². The molecule has 104 valence electrons. The molecular weight excluding hydrogens is 266 g/mol. The summed E-state index contributed by atoms with van der Waals surface area (Å²) in [5.41, 5.74) is 2.66. The minimum Gasteiger partial charge on any atom is -0.443 e. The second-order valence-corrected chi connectivity index (χ2v) is 5.31. The Kier molecular flexibility index (Phi) is 2.57. The van der Waals surface area contributed by atoms with Gasteiger partial charge >= 0.3 is 6.09 Å². The van der Waals surface area contributed by atoms with Gasteiger partial charge < -0.3 is 4.74 Å². The van der Waals surface area contributed by atoms with Crippen molar-refractivity contribution < 1.29 is 14.3 Å². The molecule has 0 aromatic heterocycles. The fourth-order valence-electron chi connectivity index (χ4n) is 3.18. The van der Waals surface area contributed by atoms with Crippen LogP contribution in [0, 0.1) is 0 Å². The normalized spacial score (nSPS) is 22.7. The van der Waals surface area contributed by atoms with Crippen LogP contribution in [0.15, 0.2) is 54.6 Å². The van der Waals surface area contributed by atoms with Gasteiger partial charge in [-0.25, -0.2) is 9.69 Å². The van der Waals surface area contributed by atoms with Crippen LogP contribution >= 0.6 is 0 Å². The Balaban J connectivity index is 1.75. The van der Waals surface area contributed by atoms with Crippen molar-refractivity contribution in [3.8, 4) is 0 Å². The number of nitrogens with zero attached hydrogens (tertiary/aromatic N) is 1. The van der Waals surface area contributed by atoms with E-state index in [4.69, 9.17) is 4.74 Å². The predicted octanol–water partition coefficient (Wildman–Crippen LogP) is 2.95. The highest BCUT2D eigenvalue weighted by atomic mass is 16.6. The van der Waals surface area contributed by atoms with E-state index in [2.05, 4.69) is 0 Å². The number of carbonyl (C=O) groups excluding carboxylic acids is 2. The summed E-state index contributed by atoms with van der Waals surface area (Å²) in [6, 6.07) is 16.4. The number of hydrogen-bond acceptors (Lipinski definition) is 3. The van der Waals surface area contributed by atoms with Crippen LogP contribution in [0.2, 0.25) is 0 Å². The standard InChI is InChI=1S/C17H13NO3/c19-16(11-6-2-1-3-7-11)18-15-13-9-5-4-8-12(13)10-14(15)21-17(18)20/h1-9,14-15H,10H2/t14-,15+/m0/s1. The van der Waals surface area contributed by atoms with Crippen molar-refractivity contribution in [1.82, 2.24) is 4.90 Å². The second-order valence-electron chi connectivity index (χ2n) is 5.31. The first-order valence-corrected chi connectivity index (χ1v) is 6.93. The van der Waals surface area contributed by atoms with E-state index in [-0.39, 0.29) is 18.1 Å². The van der Waals surface area contributed by atoms with E-state index in [0.29, 0.717) is 12.0 Å². The summed E-state index contributed by atoms with van der Waals surface area (Å²) < 4.78 is 5.39. The Morgan fingerprint density at radius 3 is 2.57 bits per heavy atom. The maximum absolute atomic E-state index is 12.6. The van der Waals surface area contributed by atoms with Crippen molar-refractivity contribution in [2.75, 3.05) is 0 Å². The van der Waals surface area contributed by atoms with Gasteiger partial charge in [-0.15, -0.1) is 0 Å². The molecular formula is C17H13NO3. The number of amides is 2. The number of ether oxygens (including phenoxy) is 1. The zero-order valence-corrected chi connectivity index (χ0v) is 11.2. The maximum Gasteiger partial charge on any atom is 0.417 e. The zero-order chi connectivity index (χ0) is 14.4. The Morgan fingerprint density at radius 1 is 1.05 bits per heavy atom. The van der Waals surface area contributed by atoms with E-state index in [0.717, 1.165) is 11.1 Å². The molecule has 1 saturated heterocycles. The van der Waals surface area contributed by atoms with Gasteiger partial charge in [0.25, 0.3) is 5.91 Å². The third-order valence-corrected chi connectivity index (χ3v) is 4.11. The quantitative estimate of drug-likeness (QED) is 0.806. The molecule has 2 atom stereocenters. The van der Waals surface area contributed by atoms with Gasteiger partial charge in [-0.3, -0.25) is 4.79 Å². The minimum absolute atomic E-state index is 0.262. The van der Waals surface area contributed by atoms with Crippen molar-refractivity contribution in [3.05, 3.63) is 71.3 Å². The summed E-state index contributed by atoms with van der Waals surface area (Å²) in [5.74, 6) is -0.301. The Hall–Kier alpha value is -2.62. The summed E-state index contributed by atoms with van der Waals surface area (Å²) in [6.45, 7) is 0. The topological polar surface area (TPSA) is 46.6 Å². The molecule has 1 aliphatic carbocycles. The van der Waals surface area contributed by atoms with Crippen LogP contribution in [0.5, 0.6) is 0 Å². The lowest BCUT2D eigenvalue weighted by atomic mass is 10.1. The molecule has 0 bridgehead atoms. The van der Waals surface area contributed by atoms with E-state index in [1.807, 2.05) is 30.3 Å². The lowest BCUT2D eigenvalue weighted by Crippen LogP contribution is -2.34. The number of fused-ring (bicyclic) bond motifs is 3. The molecule has 1 fully saturated rings. The van der Waals surface area contributed by atoms with Crippen LogP contribution in [0.25, 0.3) is 0 Å². The van der Waals surface area contributed by atoms with Crippen LogP contribution < -0.4 is 0 Å². The number of rotatable bonds is 1. The number of imide groups is 1. The first-order chi connectivity index (χ1) is 10.3. The molecule has 2 aromatic carbocycles. The van der Waals surface area contributed by atoms with Gasteiger partial charge in [0.05, 0.1) is 0 Å². The molecule has 0 spiro atoms. The molecule has 4 heteroatoms. The number of hydrogen-bond donors (Lipinski definition) is 0. The van der Waals surface area contributed by atoms with Crippen LogP contribution in [-0.2, 0) is 11.2 Å². The monoisotopic (exact) mass is 279 g/mol. The zero-order valence-electron chi connectivity index (χ0n) is 11.2. The largest absolute Gasteiger partial charge is 0.443 e. The van der Waals surface area contributed by atoms with Crippen molar-refractivity contribution in [1.29, 1.82) is 0 Å². The molecule has 0 N–H and O–H groups in total. The van der Waals surface area contributed by atoms with Gasteiger partial charge in [0.1, 0.15) is 12.1 Å². The molecule has 0 radical (unpaired) electrons. The molecule has 2 aromatic rings. The highest BCUT2D eigenvalue weighted by Gasteiger charge is 2.50. The summed E-state index contributed by atoms with van der Waals surface area (Å²) in [6.07, 6.45) is -0.138. The molecule has 1 aliphatic heterocycles. The summed E-state index contributed by atoms with van der Waals surface area (Å²) >= 11 is 0. The van der Waals surface area contributed by atoms with Crippen LogP contribution in [0.1, 0.15) is 27.5 Å². The number of carbonyl (C=O) groups is 2. The molecule has 4 nitrogen and oxygen atoms in total. The maximum atomic E-state index is 12.6. The predicted molar refractivity (Wildman–Crippen MR) is 75.8 cm³/mol. The highest BCUT2D eigenvalue weighted by Crippen LogP contribution is 2.43. The minimum atomic E-state index is -0.548. The fraction of sp³-hybridized carbons (Fsp3) is 0.176. The van der Waals surface area contributed by atoms with E-state index >= 15 is 0 Å². The van der Waals surface area contributed by atoms with E-state index in [1.165, 1.54) is 4.90 Å². The Morgan fingerprint density at radius 2 is 1.76 bits per heavy atom. The molecule has 4 rings (SSSR count). The molecule has 2 amide bonds. The average molecular weight is 279 g/mol. The van der Waals surface area contributed by atoms with Crippen LogP contribution in [-0.4, -0.2) is 23.0 Å². The van der Waals surface area contributed by atoms with Crippen LogP contribution in [0.3, 0.4) is 0 Å². The summed E-state index contributed by atoms with van der Waals surface area (Å²) in [4.78, 5) is 26.0. The van der Waals surface area contributed by atoms with Gasteiger partial charge in [0.15, 0.2) is 0 Å². The van der Waals surface area contributed by atoms with Crippen molar-refractivity contribution >= 4 is 12.0 Å². The Bertz CT molecular complexity index is 726. The lowest BCUT2D eigenvalue weighted by molar-refractivity contribution is 0.0774. The second kappa shape index (κ2) is 4.45. The number of benzene rings is 2. The molecule has 0 unspecified atom stereocenters. The van der Waals surface area contributed by atoms with Gasteiger partial charge in [-0.2, -0.15) is 0 Å². The smallest absolute Gasteiger partial charge is 0.417 e.